The highest BCUT2D eigenvalue weighted by Gasteiger charge is 2.22. The summed E-state index contributed by atoms with van der Waals surface area (Å²) in [6, 6.07) is 0.774. The summed E-state index contributed by atoms with van der Waals surface area (Å²) in [7, 11) is 0. The summed E-state index contributed by atoms with van der Waals surface area (Å²) in [5.74, 6) is 0. The first-order chi connectivity index (χ1) is 9.11. The van der Waals surface area contributed by atoms with Crippen LogP contribution >= 0.6 is 0 Å². The molecule has 0 aromatic heterocycles. The molecule has 3 heteroatoms. The summed E-state index contributed by atoms with van der Waals surface area (Å²) in [5, 5.41) is 13.0. The van der Waals surface area contributed by atoms with Crippen molar-refractivity contribution in [2.75, 3.05) is 26.2 Å². The molecule has 2 atom stereocenters. The van der Waals surface area contributed by atoms with Crippen LogP contribution in [-0.2, 0) is 0 Å². The number of rotatable bonds is 9. The molecule has 0 saturated carbocycles. The predicted octanol–water partition coefficient (Wildman–Crippen LogP) is 2.78. The minimum atomic E-state index is -0.0798. The monoisotopic (exact) mass is 270 g/mol. The molecule has 0 aliphatic carbocycles. The van der Waals surface area contributed by atoms with Gasteiger partial charge in [0.2, 0.25) is 0 Å². The maximum Gasteiger partial charge on any atom is 0.0610 e. The number of hydrogen-bond acceptors (Lipinski definition) is 3. The second-order valence-corrected chi connectivity index (χ2v) is 6.48. The van der Waals surface area contributed by atoms with Crippen LogP contribution in [0.25, 0.3) is 0 Å². The molecular formula is C16H34N2O. The Morgan fingerprint density at radius 2 is 2.11 bits per heavy atom. The number of nitrogens with one attached hydrogen (secondary N) is 1. The molecule has 2 unspecified atom stereocenters. The van der Waals surface area contributed by atoms with Crippen LogP contribution in [0.5, 0.6) is 0 Å². The van der Waals surface area contributed by atoms with E-state index in [9.17, 15) is 5.11 Å². The van der Waals surface area contributed by atoms with Crippen LogP contribution in [0.3, 0.4) is 0 Å². The largest absolute Gasteiger partial charge is 0.394 e. The molecule has 3 nitrogen and oxygen atoms in total. The first-order valence-corrected chi connectivity index (χ1v) is 8.21. The highest BCUT2D eigenvalue weighted by atomic mass is 16.3. The van der Waals surface area contributed by atoms with Crippen LogP contribution in [0.1, 0.15) is 65.7 Å². The Labute approximate surface area is 119 Å². The van der Waals surface area contributed by atoms with Crippen molar-refractivity contribution in [1.29, 1.82) is 0 Å². The Balaban J connectivity index is 2.17. The quantitative estimate of drug-likeness (QED) is 0.632. The zero-order valence-corrected chi connectivity index (χ0v) is 13.2. The van der Waals surface area contributed by atoms with Gasteiger partial charge in [-0.3, -0.25) is 0 Å². The molecule has 0 aromatic rings. The molecular weight excluding hydrogens is 236 g/mol. The number of hydrogen-bond donors (Lipinski definition) is 2. The Hall–Kier alpha value is -0.120. The summed E-state index contributed by atoms with van der Waals surface area (Å²) in [5.41, 5.74) is -0.0798. The first kappa shape index (κ1) is 16.9. The molecule has 0 spiro atoms. The molecule has 1 aliphatic rings. The second-order valence-electron chi connectivity index (χ2n) is 6.48. The zero-order chi connectivity index (χ0) is 14.1. The zero-order valence-electron chi connectivity index (χ0n) is 13.2. The SMILES string of the molecule is CCCNC(C)(CO)CCCCN1CCCCC1C. The normalized spacial score (nSPS) is 24.3. The van der Waals surface area contributed by atoms with Crippen molar-refractivity contribution in [2.24, 2.45) is 0 Å². The molecule has 0 bridgehead atoms. The predicted molar refractivity (Wildman–Crippen MR) is 82.5 cm³/mol. The van der Waals surface area contributed by atoms with Gasteiger partial charge in [-0.25, -0.2) is 0 Å². The van der Waals surface area contributed by atoms with Gasteiger partial charge in [0.1, 0.15) is 0 Å². The van der Waals surface area contributed by atoms with Gasteiger partial charge >= 0.3 is 0 Å². The number of likely N-dealkylation sites (tertiary alicyclic amines) is 1. The molecule has 1 rings (SSSR count). The number of aliphatic hydroxyl groups is 1. The molecule has 1 fully saturated rings. The first-order valence-electron chi connectivity index (χ1n) is 8.21. The lowest BCUT2D eigenvalue weighted by Gasteiger charge is -2.34. The van der Waals surface area contributed by atoms with E-state index < -0.39 is 0 Å². The highest BCUT2D eigenvalue weighted by molar-refractivity contribution is 4.82. The van der Waals surface area contributed by atoms with Crippen LogP contribution in [0.4, 0.5) is 0 Å². The van der Waals surface area contributed by atoms with Crippen molar-refractivity contribution in [3.8, 4) is 0 Å². The average molecular weight is 270 g/mol. The van der Waals surface area contributed by atoms with Crippen molar-refractivity contribution in [3.63, 3.8) is 0 Å². The number of nitrogens with zero attached hydrogens (tertiary/aromatic N) is 1. The van der Waals surface area contributed by atoms with Crippen molar-refractivity contribution in [1.82, 2.24) is 10.2 Å². The summed E-state index contributed by atoms with van der Waals surface area (Å²) >= 11 is 0. The Kier molecular flexibility index (Phi) is 7.96. The van der Waals surface area contributed by atoms with E-state index >= 15 is 0 Å². The molecule has 0 amide bonds. The number of piperidine rings is 1. The molecule has 1 heterocycles. The van der Waals surface area contributed by atoms with Gasteiger partial charge in [-0.05, 0) is 65.6 Å². The Bertz CT molecular complexity index is 235. The van der Waals surface area contributed by atoms with E-state index in [-0.39, 0.29) is 12.1 Å². The van der Waals surface area contributed by atoms with Gasteiger partial charge in [-0.1, -0.05) is 19.8 Å². The molecule has 1 aliphatic heterocycles. The van der Waals surface area contributed by atoms with E-state index in [1.807, 2.05) is 0 Å². The minimum Gasteiger partial charge on any atom is -0.394 e. The number of unbranched alkanes of at least 4 members (excludes halogenated alkanes) is 1. The van der Waals surface area contributed by atoms with Gasteiger partial charge in [0, 0.05) is 11.6 Å². The van der Waals surface area contributed by atoms with Crippen molar-refractivity contribution >= 4 is 0 Å². The Morgan fingerprint density at radius 3 is 2.74 bits per heavy atom. The molecule has 1 saturated heterocycles. The fourth-order valence-corrected chi connectivity index (χ4v) is 2.97. The third-order valence-electron chi connectivity index (χ3n) is 4.52. The van der Waals surface area contributed by atoms with Crippen LogP contribution < -0.4 is 5.32 Å². The topological polar surface area (TPSA) is 35.5 Å². The second kappa shape index (κ2) is 8.93. The summed E-state index contributed by atoms with van der Waals surface area (Å²) in [6.07, 6.45) is 8.81. The maximum atomic E-state index is 9.53. The maximum absolute atomic E-state index is 9.53. The van der Waals surface area contributed by atoms with Crippen LogP contribution in [0, 0.1) is 0 Å². The van der Waals surface area contributed by atoms with Crippen LogP contribution in [-0.4, -0.2) is 47.8 Å². The Morgan fingerprint density at radius 1 is 1.32 bits per heavy atom. The number of aliphatic hydroxyl groups excluding tert-OH is 1. The van der Waals surface area contributed by atoms with Gasteiger partial charge in [0.05, 0.1) is 6.61 Å². The van der Waals surface area contributed by atoms with Gasteiger partial charge < -0.3 is 15.3 Å². The smallest absolute Gasteiger partial charge is 0.0610 e. The van der Waals surface area contributed by atoms with Crippen molar-refractivity contribution in [3.05, 3.63) is 0 Å². The van der Waals surface area contributed by atoms with E-state index in [4.69, 9.17) is 0 Å². The van der Waals surface area contributed by atoms with E-state index in [1.165, 1.54) is 45.2 Å². The summed E-state index contributed by atoms with van der Waals surface area (Å²) < 4.78 is 0. The lowest BCUT2D eigenvalue weighted by Crippen LogP contribution is -2.46. The molecule has 0 aromatic carbocycles. The molecule has 0 radical (unpaired) electrons. The summed E-state index contributed by atoms with van der Waals surface area (Å²) in [6.45, 7) is 10.4. The fourth-order valence-electron chi connectivity index (χ4n) is 2.97. The highest BCUT2D eigenvalue weighted by Crippen LogP contribution is 2.18. The lowest BCUT2D eigenvalue weighted by atomic mass is 9.95. The van der Waals surface area contributed by atoms with Crippen molar-refractivity contribution in [2.45, 2.75) is 77.3 Å². The molecule has 114 valence electrons. The van der Waals surface area contributed by atoms with Gasteiger partial charge in [0.25, 0.3) is 0 Å². The van der Waals surface area contributed by atoms with Crippen molar-refractivity contribution < 1.29 is 5.11 Å². The standard InChI is InChI=1S/C16H34N2O/c1-4-11-17-16(3,14-19)10-6-8-13-18-12-7-5-9-15(18)2/h15,17,19H,4-14H2,1-3H3. The van der Waals surface area contributed by atoms with Crippen LogP contribution in [0.15, 0.2) is 0 Å². The third-order valence-corrected chi connectivity index (χ3v) is 4.52. The van der Waals surface area contributed by atoms with E-state index in [0.717, 1.165) is 25.4 Å². The van der Waals surface area contributed by atoms with Crippen LogP contribution in [0.2, 0.25) is 0 Å². The summed E-state index contributed by atoms with van der Waals surface area (Å²) in [4.78, 5) is 2.64. The average Bonchev–Trinajstić information content (AvgIpc) is 2.43. The minimum absolute atomic E-state index is 0.0798. The molecule has 19 heavy (non-hydrogen) atoms. The van der Waals surface area contributed by atoms with E-state index in [0.29, 0.717) is 0 Å². The fraction of sp³-hybridized carbons (Fsp3) is 1.00. The van der Waals surface area contributed by atoms with Gasteiger partial charge in [0.15, 0.2) is 0 Å². The van der Waals surface area contributed by atoms with Gasteiger partial charge in [-0.2, -0.15) is 0 Å². The van der Waals surface area contributed by atoms with E-state index in [1.54, 1.807) is 0 Å². The van der Waals surface area contributed by atoms with Gasteiger partial charge in [-0.15, -0.1) is 0 Å². The third kappa shape index (κ3) is 6.24. The van der Waals surface area contributed by atoms with E-state index in [2.05, 4.69) is 31.0 Å². The molecule has 2 N–H and O–H groups in total. The lowest BCUT2D eigenvalue weighted by molar-refractivity contribution is 0.144.